The topological polar surface area (TPSA) is 55.1 Å². The lowest BCUT2D eigenvalue weighted by molar-refractivity contribution is -0.120. The van der Waals surface area contributed by atoms with Crippen molar-refractivity contribution in [1.29, 1.82) is 0 Å². The maximum absolute atomic E-state index is 11.9. The van der Waals surface area contributed by atoms with Gasteiger partial charge in [-0.15, -0.1) is 11.8 Å². The van der Waals surface area contributed by atoms with E-state index in [4.69, 9.17) is 4.42 Å². The summed E-state index contributed by atoms with van der Waals surface area (Å²) >= 11 is 1.65. The second kappa shape index (κ2) is 6.80. The average Bonchev–Trinajstić information content (AvgIpc) is 2.90. The maximum Gasteiger partial charge on any atom is 0.233 e. The van der Waals surface area contributed by atoms with E-state index in [1.54, 1.807) is 18.0 Å². The maximum atomic E-state index is 11.9. The van der Waals surface area contributed by atoms with Gasteiger partial charge in [-0.05, 0) is 25.0 Å². The molecule has 0 unspecified atom stereocenters. The third-order valence-electron chi connectivity index (χ3n) is 3.49. The molecule has 4 nitrogen and oxygen atoms in total. The zero-order valence-electron chi connectivity index (χ0n) is 11.7. The zero-order valence-corrected chi connectivity index (χ0v) is 12.6. The minimum atomic E-state index is 0.0318. The predicted molar refractivity (Wildman–Crippen MR) is 83.9 cm³/mol. The molecule has 1 aromatic heterocycles. The molecular weight excluding hydrogens is 284 g/mol. The van der Waals surface area contributed by atoms with Crippen LogP contribution in [0, 0.1) is 0 Å². The first-order chi connectivity index (χ1) is 10.3. The Morgan fingerprint density at radius 1 is 1.29 bits per heavy atom. The number of hydrogen-bond acceptors (Lipinski definition) is 4. The van der Waals surface area contributed by atoms with E-state index in [1.165, 1.54) is 0 Å². The highest BCUT2D eigenvalue weighted by atomic mass is 32.2. The van der Waals surface area contributed by atoms with E-state index in [0.29, 0.717) is 11.6 Å². The normalized spacial score (nSPS) is 19.0. The van der Waals surface area contributed by atoms with Gasteiger partial charge in [0.15, 0.2) is 0 Å². The zero-order chi connectivity index (χ0) is 14.5. The number of rotatable bonds is 4. The van der Waals surface area contributed by atoms with Crippen molar-refractivity contribution in [3.63, 3.8) is 0 Å². The van der Waals surface area contributed by atoms with Gasteiger partial charge in [-0.25, -0.2) is 4.98 Å². The molecule has 110 valence electrons. The summed E-state index contributed by atoms with van der Waals surface area (Å²) in [4.78, 5) is 16.4. The SMILES string of the molecule is O=C1NCCCC[C@H]1SCc1coc(-c2ccccc2)n1. The summed E-state index contributed by atoms with van der Waals surface area (Å²) in [7, 11) is 0. The van der Waals surface area contributed by atoms with Gasteiger partial charge in [0.1, 0.15) is 6.26 Å². The summed E-state index contributed by atoms with van der Waals surface area (Å²) in [5, 5.41) is 2.99. The Morgan fingerprint density at radius 2 is 2.14 bits per heavy atom. The van der Waals surface area contributed by atoms with E-state index in [1.807, 2.05) is 30.3 Å². The molecule has 1 aliphatic rings. The second-order valence-corrected chi connectivity index (χ2v) is 6.29. The van der Waals surface area contributed by atoms with Gasteiger partial charge in [0.25, 0.3) is 0 Å². The van der Waals surface area contributed by atoms with Crippen molar-refractivity contribution >= 4 is 17.7 Å². The van der Waals surface area contributed by atoms with Crippen LogP contribution in [-0.2, 0) is 10.5 Å². The summed E-state index contributed by atoms with van der Waals surface area (Å²) in [5.41, 5.74) is 1.86. The molecule has 0 radical (unpaired) electrons. The summed E-state index contributed by atoms with van der Waals surface area (Å²) in [6, 6.07) is 9.84. The van der Waals surface area contributed by atoms with Crippen LogP contribution in [0.1, 0.15) is 25.0 Å². The number of hydrogen-bond donors (Lipinski definition) is 1. The molecule has 0 saturated carbocycles. The number of aromatic nitrogens is 1. The van der Waals surface area contributed by atoms with Gasteiger partial charge >= 0.3 is 0 Å². The highest BCUT2D eigenvalue weighted by Gasteiger charge is 2.21. The first-order valence-electron chi connectivity index (χ1n) is 7.22. The lowest BCUT2D eigenvalue weighted by Crippen LogP contribution is -2.30. The summed E-state index contributed by atoms with van der Waals surface area (Å²) < 4.78 is 5.52. The fourth-order valence-corrected chi connectivity index (χ4v) is 3.42. The Bertz CT molecular complexity index is 597. The first kappa shape index (κ1) is 14.2. The third-order valence-corrected chi connectivity index (χ3v) is 4.80. The Morgan fingerprint density at radius 3 is 3.00 bits per heavy atom. The number of carbonyl (C=O) groups is 1. The first-order valence-corrected chi connectivity index (χ1v) is 8.27. The van der Waals surface area contributed by atoms with Gasteiger partial charge in [0.05, 0.1) is 10.9 Å². The predicted octanol–water partition coefficient (Wildman–Crippen LogP) is 3.24. The summed E-state index contributed by atoms with van der Waals surface area (Å²) in [5.74, 6) is 1.50. The highest BCUT2D eigenvalue weighted by Crippen LogP contribution is 2.25. The van der Waals surface area contributed by atoms with Crippen LogP contribution < -0.4 is 5.32 Å². The standard InChI is InChI=1S/C16H18N2O2S/c19-15-14(8-4-5-9-17-15)21-11-13-10-20-16(18-13)12-6-2-1-3-7-12/h1-3,6-7,10,14H,4-5,8-9,11H2,(H,17,19)/t14-/m1/s1. The van der Waals surface area contributed by atoms with Crippen molar-refractivity contribution in [2.45, 2.75) is 30.3 Å². The number of benzene rings is 1. The van der Waals surface area contributed by atoms with Gasteiger partial charge in [0.2, 0.25) is 11.8 Å². The minimum absolute atomic E-state index is 0.0318. The van der Waals surface area contributed by atoms with Gasteiger partial charge < -0.3 is 9.73 Å². The number of nitrogens with zero attached hydrogens (tertiary/aromatic N) is 1. The van der Waals surface area contributed by atoms with Gasteiger partial charge in [-0.2, -0.15) is 0 Å². The largest absolute Gasteiger partial charge is 0.444 e. The van der Waals surface area contributed by atoms with Gasteiger partial charge in [-0.1, -0.05) is 24.6 Å². The van der Waals surface area contributed by atoms with E-state index in [9.17, 15) is 4.79 Å². The molecule has 0 bridgehead atoms. The van der Waals surface area contributed by atoms with Crippen LogP contribution in [0.5, 0.6) is 0 Å². The Hall–Kier alpha value is -1.75. The molecule has 1 aromatic carbocycles. The quantitative estimate of drug-likeness (QED) is 0.942. The van der Waals surface area contributed by atoms with Crippen LogP contribution in [0.3, 0.4) is 0 Å². The molecule has 1 aliphatic heterocycles. The van der Waals surface area contributed by atoms with E-state index < -0.39 is 0 Å². The number of nitrogens with one attached hydrogen (secondary N) is 1. The third kappa shape index (κ3) is 3.67. The van der Waals surface area contributed by atoms with Crippen LogP contribution in [-0.4, -0.2) is 22.7 Å². The molecule has 2 aromatic rings. The molecule has 2 heterocycles. The molecule has 3 rings (SSSR count). The van der Waals surface area contributed by atoms with Crippen molar-refractivity contribution in [1.82, 2.24) is 10.3 Å². The van der Waals surface area contributed by atoms with E-state index in [-0.39, 0.29) is 11.2 Å². The number of carbonyl (C=O) groups excluding carboxylic acids is 1. The lowest BCUT2D eigenvalue weighted by atomic mass is 10.2. The van der Waals surface area contributed by atoms with E-state index >= 15 is 0 Å². The molecular formula is C16H18N2O2S. The molecule has 21 heavy (non-hydrogen) atoms. The van der Waals surface area contributed by atoms with Crippen molar-refractivity contribution in [3.05, 3.63) is 42.3 Å². The van der Waals surface area contributed by atoms with Gasteiger partial charge in [0, 0.05) is 17.9 Å². The van der Waals surface area contributed by atoms with Crippen LogP contribution in [0.2, 0.25) is 0 Å². The monoisotopic (exact) mass is 302 g/mol. The Labute approximate surface area is 128 Å². The number of thioether (sulfide) groups is 1. The number of oxazole rings is 1. The van der Waals surface area contributed by atoms with E-state index in [2.05, 4.69) is 10.3 Å². The van der Waals surface area contributed by atoms with Crippen LogP contribution >= 0.6 is 11.8 Å². The van der Waals surface area contributed by atoms with Gasteiger partial charge in [-0.3, -0.25) is 4.79 Å². The van der Waals surface area contributed by atoms with Crippen LogP contribution in [0.25, 0.3) is 11.5 Å². The second-order valence-electron chi connectivity index (χ2n) is 5.10. The molecule has 1 saturated heterocycles. The van der Waals surface area contributed by atoms with Crippen molar-refractivity contribution < 1.29 is 9.21 Å². The average molecular weight is 302 g/mol. The minimum Gasteiger partial charge on any atom is -0.444 e. The fraction of sp³-hybridized carbons (Fsp3) is 0.375. The molecule has 1 N–H and O–H groups in total. The Kier molecular flexibility index (Phi) is 4.60. The van der Waals surface area contributed by atoms with Crippen molar-refractivity contribution in [2.75, 3.05) is 6.54 Å². The highest BCUT2D eigenvalue weighted by molar-refractivity contribution is 7.99. The summed E-state index contributed by atoms with van der Waals surface area (Å²) in [6.07, 6.45) is 4.80. The fourth-order valence-electron chi connectivity index (χ4n) is 2.34. The molecule has 1 fully saturated rings. The lowest BCUT2D eigenvalue weighted by Gasteiger charge is -2.11. The molecule has 0 spiro atoms. The smallest absolute Gasteiger partial charge is 0.233 e. The van der Waals surface area contributed by atoms with Crippen molar-refractivity contribution in [3.8, 4) is 11.5 Å². The molecule has 1 atom stereocenters. The molecule has 5 heteroatoms. The van der Waals surface area contributed by atoms with Crippen LogP contribution in [0.4, 0.5) is 0 Å². The van der Waals surface area contributed by atoms with Crippen LogP contribution in [0.15, 0.2) is 41.0 Å². The summed E-state index contributed by atoms with van der Waals surface area (Å²) in [6.45, 7) is 0.804. The van der Waals surface area contributed by atoms with Crippen molar-refractivity contribution in [2.24, 2.45) is 0 Å². The molecule has 1 amide bonds. The van der Waals surface area contributed by atoms with E-state index in [0.717, 1.165) is 37.1 Å². The molecule has 0 aliphatic carbocycles. The number of amides is 1. The Balaban J connectivity index is 1.61.